The number of likely N-dealkylation sites (tertiary alicyclic amines) is 1. The molecule has 3 rings (SSSR count). The maximum atomic E-state index is 12.4. The van der Waals surface area contributed by atoms with E-state index in [9.17, 15) is 9.90 Å². The Bertz CT molecular complexity index is 687. The summed E-state index contributed by atoms with van der Waals surface area (Å²) < 4.78 is 5.38. The Morgan fingerprint density at radius 2 is 1.91 bits per heavy atom. The summed E-state index contributed by atoms with van der Waals surface area (Å²) >= 11 is 6.19. The molecular weight excluding hydrogens is 302 g/mol. The van der Waals surface area contributed by atoms with Crippen LogP contribution in [0.15, 0.2) is 40.8 Å². The van der Waals surface area contributed by atoms with Gasteiger partial charge in [-0.25, -0.2) is 0 Å². The molecule has 1 amide bonds. The van der Waals surface area contributed by atoms with Gasteiger partial charge in [-0.05, 0) is 38.0 Å². The summed E-state index contributed by atoms with van der Waals surface area (Å²) in [4.78, 5) is 14.1. The van der Waals surface area contributed by atoms with Crippen molar-refractivity contribution in [3.05, 3.63) is 58.5 Å². The van der Waals surface area contributed by atoms with E-state index >= 15 is 0 Å². The smallest absolute Gasteiger partial charge is 0.289 e. The van der Waals surface area contributed by atoms with E-state index < -0.39 is 5.60 Å². The lowest BCUT2D eigenvalue weighted by molar-refractivity contribution is -0.0217. The monoisotopic (exact) mass is 319 g/mol. The minimum atomic E-state index is -0.978. The van der Waals surface area contributed by atoms with Crippen molar-refractivity contribution >= 4 is 17.5 Å². The second-order valence-corrected chi connectivity index (χ2v) is 6.12. The van der Waals surface area contributed by atoms with Crippen LogP contribution in [0.5, 0.6) is 0 Å². The molecule has 1 N–H and O–H groups in total. The first-order valence-corrected chi connectivity index (χ1v) is 7.70. The SMILES string of the molecule is Cc1ccc(C(=O)N2CCC(O)(c3ccccc3Cl)CC2)o1. The van der Waals surface area contributed by atoms with Gasteiger partial charge in [-0.1, -0.05) is 29.8 Å². The minimum Gasteiger partial charge on any atom is -0.456 e. The molecule has 1 aromatic carbocycles. The van der Waals surface area contributed by atoms with Crippen molar-refractivity contribution in [2.75, 3.05) is 13.1 Å². The fraction of sp³-hybridized carbons (Fsp3) is 0.353. The number of rotatable bonds is 2. The van der Waals surface area contributed by atoms with Crippen molar-refractivity contribution in [1.82, 2.24) is 4.90 Å². The Labute approximate surface area is 134 Å². The third-order valence-electron chi connectivity index (χ3n) is 4.20. The standard InChI is InChI=1S/C17H18ClNO3/c1-12-6-7-15(22-12)16(20)19-10-8-17(21,9-11-19)13-4-2-3-5-14(13)18/h2-7,21H,8-11H2,1H3. The number of carbonyl (C=O) groups excluding carboxylic acids is 1. The number of aliphatic hydroxyl groups is 1. The maximum Gasteiger partial charge on any atom is 0.289 e. The van der Waals surface area contributed by atoms with Crippen molar-refractivity contribution in [3.8, 4) is 0 Å². The highest BCUT2D eigenvalue weighted by Gasteiger charge is 2.37. The molecule has 0 spiro atoms. The molecule has 0 bridgehead atoms. The number of hydrogen-bond donors (Lipinski definition) is 1. The van der Waals surface area contributed by atoms with Crippen LogP contribution in [0.3, 0.4) is 0 Å². The highest BCUT2D eigenvalue weighted by Crippen LogP contribution is 2.36. The molecule has 0 aliphatic carbocycles. The summed E-state index contributed by atoms with van der Waals surface area (Å²) in [7, 11) is 0. The maximum absolute atomic E-state index is 12.4. The van der Waals surface area contributed by atoms with E-state index in [0.29, 0.717) is 42.5 Å². The normalized spacial score (nSPS) is 17.5. The van der Waals surface area contributed by atoms with Gasteiger partial charge >= 0.3 is 0 Å². The molecule has 0 saturated carbocycles. The van der Waals surface area contributed by atoms with E-state index in [4.69, 9.17) is 16.0 Å². The Morgan fingerprint density at radius 1 is 1.23 bits per heavy atom. The Kier molecular flexibility index (Phi) is 3.98. The van der Waals surface area contributed by atoms with Crippen molar-refractivity contribution in [2.45, 2.75) is 25.4 Å². The van der Waals surface area contributed by atoms with Gasteiger partial charge in [0.1, 0.15) is 5.76 Å². The molecule has 2 aromatic rings. The largest absolute Gasteiger partial charge is 0.456 e. The molecule has 1 fully saturated rings. The van der Waals surface area contributed by atoms with Crippen LogP contribution >= 0.6 is 11.6 Å². The minimum absolute atomic E-state index is 0.130. The molecule has 0 unspecified atom stereocenters. The van der Waals surface area contributed by atoms with Gasteiger partial charge in [0.05, 0.1) is 5.60 Å². The van der Waals surface area contributed by atoms with E-state index in [1.165, 1.54) is 0 Å². The average molecular weight is 320 g/mol. The quantitative estimate of drug-likeness (QED) is 0.923. The number of benzene rings is 1. The van der Waals surface area contributed by atoms with Crippen molar-refractivity contribution in [1.29, 1.82) is 0 Å². The molecule has 0 radical (unpaired) electrons. The van der Waals surface area contributed by atoms with Gasteiger partial charge in [0, 0.05) is 23.7 Å². The van der Waals surface area contributed by atoms with Crippen LogP contribution in [0.25, 0.3) is 0 Å². The van der Waals surface area contributed by atoms with Gasteiger partial charge in [-0.3, -0.25) is 4.79 Å². The van der Waals surface area contributed by atoms with Crippen LogP contribution in [0.4, 0.5) is 0 Å². The lowest BCUT2D eigenvalue weighted by atomic mass is 9.84. The summed E-state index contributed by atoms with van der Waals surface area (Å²) in [6.07, 6.45) is 0.921. The topological polar surface area (TPSA) is 53.7 Å². The van der Waals surface area contributed by atoms with Gasteiger partial charge in [-0.2, -0.15) is 0 Å². The van der Waals surface area contributed by atoms with Crippen LogP contribution in [0, 0.1) is 6.92 Å². The second-order valence-electron chi connectivity index (χ2n) is 5.71. The number of hydrogen-bond acceptors (Lipinski definition) is 3. The number of carbonyl (C=O) groups is 1. The fourth-order valence-corrected chi connectivity index (χ4v) is 3.20. The van der Waals surface area contributed by atoms with E-state index in [2.05, 4.69) is 0 Å². The van der Waals surface area contributed by atoms with Gasteiger partial charge in [-0.15, -0.1) is 0 Å². The Morgan fingerprint density at radius 3 is 2.50 bits per heavy atom. The van der Waals surface area contributed by atoms with Crippen LogP contribution in [-0.2, 0) is 5.60 Å². The highest BCUT2D eigenvalue weighted by atomic mass is 35.5. The molecule has 1 aromatic heterocycles. The first kappa shape index (κ1) is 15.1. The highest BCUT2D eigenvalue weighted by molar-refractivity contribution is 6.31. The molecule has 2 heterocycles. The first-order chi connectivity index (χ1) is 10.5. The van der Waals surface area contributed by atoms with Gasteiger partial charge in [0.25, 0.3) is 5.91 Å². The summed E-state index contributed by atoms with van der Waals surface area (Å²) in [5, 5.41) is 11.4. The molecule has 1 saturated heterocycles. The summed E-state index contributed by atoms with van der Waals surface area (Å²) in [6, 6.07) is 10.8. The van der Waals surface area contributed by atoms with E-state index in [1.54, 1.807) is 23.1 Å². The Balaban J connectivity index is 1.72. The number of piperidine rings is 1. The van der Waals surface area contributed by atoms with E-state index in [0.717, 1.165) is 5.56 Å². The zero-order chi connectivity index (χ0) is 15.7. The third-order valence-corrected chi connectivity index (χ3v) is 4.53. The predicted molar refractivity (Wildman–Crippen MR) is 83.9 cm³/mol. The summed E-state index contributed by atoms with van der Waals surface area (Å²) in [6.45, 7) is 2.75. The molecule has 1 aliphatic rings. The molecular formula is C17H18ClNO3. The van der Waals surface area contributed by atoms with Crippen molar-refractivity contribution in [2.24, 2.45) is 0 Å². The van der Waals surface area contributed by atoms with Crippen molar-refractivity contribution < 1.29 is 14.3 Å². The summed E-state index contributed by atoms with van der Waals surface area (Å²) in [5.41, 5.74) is -0.244. The van der Waals surface area contributed by atoms with Gasteiger partial charge < -0.3 is 14.4 Å². The second kappa shape index (κ2) is 5.78. The zero-order valence-electron chi connectivity index (χ0n) is 12.4. The van der Waals surface area contributed by atoms with Crippen molar-refractivity contribution in [3.63, 3.8) is 0 Å². The van der Waals surface area contributed by atoms with E-state index in [1.807, 2.05) is 25.1 Å². The van der Waals surface area contributed by atoms with Crippen LogP contribution in [0.1, 0.15) is 34.7 Å². The average Bonchev–Trinajstić information content (AvgIpc) is 2.94. The number of nitrogens with zero attached hydrogens (tertiary/aromatic N) is 1. The first-order valence-electron chi connectivity index (χ1n) is 7.33. The summed E-state index contributed by atoms with van der Waals surface area (Å²) in [5.74, 6) is 0.933. The Hall–Kier alpha value is -1.78. The molecule has 1 aliphatic heterocycles. The number of aryl methyl sites for hydroxylation is 1. The fourth-order valence-electron chi connectivity index (χ4n) is 2.89. The van der Waals surface area contributed by atoms with E-state index in [-0.39, 0.29) is 5.91 Å². The lowest BCUT2D eigenvalue weighted by Gasteiger charge is -2.38. The van der Waals surface area contributed by atoms with Crippen LogP contribution in [-0.4, -0.2) is 29.0 Å². The molecule has 0 atom stereocenters. The van der Waals surface area contributed by atoms with Crippen LogP contribution in [0.2, 0.25) is 5.02 Å². The number of amides is 1. The number of halogens is 1. The number of furan rings is 1. The lowest BCUT2D eigenvalue weighted by Crippen LogP contribution is -2.45. The predicted octanol–water partition coefficient (Wildman–Crippen LogP) is 3.37. The molecule has 4 nitrogen and oxygen atoms in total. The molecule has 22 heavy (non-hydrogen) atoms. The third kappa shape index (κ3) is 2.76. The zero-order valence-corrected chi connectivity index (χ0v) is 13.1. The van der Waals surface area contributed by atoms with Crippen LogP contribution < -0.4 is 0 Å². The van der Waals surface area contributed by atoms with Gasteiger partial charge in [0.2, 0.25) is 0 Å². The molecule has 116 valence electrons. The van der Waals surface area contributed by atoms with Gasteiger partial charge in [0.15, 0.2) is 5.76 Å². The molecule has 5 heteroatoms.